The Kier molecular flexibility index (Phi) is 5.00. The molecule has 3 heteroatoms. The lowest BCUT2D eigenvalue weighted by Crippen LogP contribution is -2.22. The van der Waals surface area contributed by atoms with Gasteiger partial charge >= 0.3 is 0 Å². The summed E-state index contributed by atoms with van der Waals surface area (Å²) in [6.45, 7) is 7.12. The summed E-state index contributed by atoms with van der Waals surface area (Å²) >= 11 is 1.82. The summed E-state index contributed by atoms with van der Waals surface area (Å²) in [5.74, 6) is 0. The van der Waals surface area contributed by atoms with Crippen molar-refractivity contribution in [3.05, 3.63) is 51.7 Å². The van der Waals surface area contributed by atoms with Crippen molar-refractivity contribution >= 4 is 17.0 Å². The molecule has 0 radical (unpaired) electrons. The molecule has 0 aliphatic carbocycles. The molecule has 0 bridgehead atoms. The van der Waals surface area contributed by atoms with Gasteiger partial charge in [-0.05, 0) is 55.5 Å². The normalized spacial score (nSPS) is 10.7. The first-order chi connectivity index (χ1) is 9.24. The third-order valence-electron chi connectivity index (χ3n) is 3.34. The van der Waals surface area contributed by atoms with E-state index in [9.17, 15) is 0 Å². The largest absolute Gasteiger partial charge is 0.366 e. The number of hydrogen-bond donors (Lipinski definition) is 1. The van der Waals surface area contributed by atoms with Crippen LogP contribution in [0.2, 0.25) is 0 Å². The van der Waals surface area contributed by atoms with Crippen LogP contribution in [0, 0.1) is 6.92 Å². The van der Waals surface area contributed by atoms with Gasteiger partial charge in [-0.1, -0.05) is 18.2 Å². The molecule has 1 aromatic carbocycles. The first-order valence-corrected chi connectivity index (χ1v) is 7.69. The predicted octanol–water partition coefficient (Wildman–Crippen LogP) is 3.58. The number of nitrogens with zero attached hydrogens (tertiary/aromatic N) is 1. The monoisotopic (exact) mass is 274 g/mol. The number of thiophene rings is 1. The molecule has 1 heterocycles. The smallest absolute Gasteiger partial charge is 0.0522 e. The van der Waals surface area contributed by atoms with Gasteiger partial charge in [-0.2, -0.15) is 0 Å². The zero-order valence-electron chi connectivity index (χ0n) is 11.7. The summed E-state index contributed by atoms with van der Waals surface area (Å²) in [6, 6.07) is 11.0. The third-order valence-corrected chi connectivity index (χ3v) is 4.20. The molecule has 0 spiro atoms. The highest BCUT2D eigenvalue weighted by Crippen LogP contribution is 2.24. The van der Waals surface area contributed by atoms with Gasteiger partial charge in [0.25, 0.3) is 0 Å². The van der Waals surface area contributed by atoms with Crippen LogP contribution in [-0.2, 0) is 13.0 Å². The van der Waals surface area contributed by atoms with Gasteiger partial charge in [-0.15, -0.1) is 11.3 Å². The van der Waals surface area contributed by atoms with E-state index in [-0.39, 0.29) is 0 Å². The van der Waals surface area contributed by atoms with Gasteiger partial charge in [0.2, 0.25) is 0 Å². The molecule has 0 saturated heterocycles. The fourth-order valence-corrected chi connectivity index (χ4v) is 3.07. The number of hydrogen-bond acceptors (Lipinski definition) is 3. The van der Waals surface area contributed by atoms with Crippen molar-refractivity contribution < 1.29 is 0 Å². The van der Waals surface area contributed by atoms with E-state index in [2.05, 4.69) is 54.5 Å². The van der Waals surface area contributed by atoms with Crippen molar-refractivity contribution in [1.82, 2.24) is 0 Å². The van der Waals surface area contributed by atoms with Crippen LogP contribution >= 0.6 is 11.3 Å². The highest BCUT2D eigenvalue weighted by molar-refractivity contribution is 7.09. The second-order valence-electron chi connectivity index (χ2n) is 4.75. The summed E-state index contributed by atoms with van der Waals surface area (Å²) in [7, 11) is 0. The van der Waals surface area contributed by atoms with E-state index in [4.69, 9.17) is 5.73 Å². The Morgan fingerprint density at radius 2 is 2.11 bits per heavy atom. The Labute approximate surface area is 119 Å². The molecule has 0 atom stereocenters. The topological polar surface area (TPSA) is 29.3 Å². The maximum absolute atomic E-state index is 5.62. The molecule has 0 aliphatic rings. The van der Waals surface area contributed by atoms with E-state index in [1.165, 1.54) is 21.7 Å². The van der Waals surface area contributed by atoms with Gasteiger partial charge < -0.3 is 10.6 Å². The van der Waals surface area contributed by atoms with Crippen LogP contribution in [0.1, 0.15) is 22.9 Å². The molecule has 0 saturated carbocycles. The first-order valence-electron chi connectivity index (χ1n) is 6.81. The highest BCUT2D eigenvalue weighted by atomic mass is 32.1. The lowest BCUT2D eigenvalue weighted by Gasteiger charge is -2.25. The molecular formula is C16H22N2S. The molecule has 2 nitrogen and oxygen atoms in total. The van der Waals surface area contributed by atoms with E-state index in [1.54, 1.807) is 0 Å². The minimum atomic E-state index is 0.714. The summed E-state index contributed by atoms with van der Waals surface area (Å²) in [5, 5.41) is 2.14. The van der Waals surface area contributed by atoms with E-state index in [0.29, 0.717) is 6.54 Å². The van der Waals surface area contributed by atoms with E-state index >= 15 is 0 Å². The summed E-state index contributed by atoms with van der Waals surface area (Å²) in [6.07, 6.45) is 0.957. The molecule has 102 valence electrons. The highest BCUT2D eigenvalue weighted by Gasteiger charge is 2.09. The number of aryl methyl sites for hydroxylation is 1. The summed E-state index contributed by atoms with van der Waals surface area (Å²) in [4.78, 5) is 3.83. The maximum Gasteiger partial charge on any atom is 0.0522 e. The Morgan fingerprint density at radius 3 is 2.68 bits per heavy atom. The summed E-state index contributed by atoms with van der Waals surface area (Å²) in [5.41, 5.74) is 9.61. The predicted molar refractivity (Wildman–Crippen MR) is 85.0 cm³/mol. The Balaban J connectivity index is 2.18. The average molecular weight is 274 g/mol. The van der Waals surface area contributed by atoms with Crippen molar-refractivity contribution in [3.63, 3.8) is 0 Å². The minimum Gasteiger partial charge on any atom is -0.366 e. The van der Waals surface area contributed by atoms with Crippen molar-refractivity contribution in [2.24, 2.45) is 5.73 Å². The van der Waals surface area contributed by atoms with Gasteiger partial charge in [0.05, 0.1) is 6.54 Å². The fraction of sp³-hybridized carbons (Fsp3) is 0.375. The van der Waals surface area contributed by atoms with Crippen LogP contribution in [0.3, 0.4) is 0 Å². The quantitative estimate of drug-likeness (QED) is 0.872. The van der Waals surface area contributed by atoms with E-state index < -0.39 is 0 Å². The Hall–Kier alpha value is -1.32. The second-order valence-corrected chi connectivity index (χ2v) is 5.79. The van der Waals surface area contributed by atoms with Crippen LogP contribution in [0.4, 0.5) is 5.69 Å². The van der Waals surface area contributed by atoms with Crippen molar-refractivity contribution in [1.29, 1.82) is 0 Å². The molecule has 0 fully saturated rings. The number of rotatable bonds is 6. The van der Waals surface area contributed by atoms with Crippen LogP contribution in [0.25, 0.3) is 0 Å². The second kappa shape index (κ2) is 6.73. The molecule has 0 amide bonds. The van der Waals surface area contributed by atoms with Gasteiger partial charge in [-0.25, -0.2) is 0 Å². The number of benzene rings is 1. The lowest BCUT2D eigenvalue weighted by molar-refractivity contribution is 0.837. The SMILES string of the molecule is CCN(Cc1cccs1)c1ccc(CCN)cc1C. The number of nitrogens with two attached hydrogens (primary N) is 1. The van der Waals surface area contributed by atoms with Crippen LogP contribution in [0.15, 0.2) is 35.7 Å². The molecule has 2 N–H and O–H groups in total. The van der Waals surface area contributed by atoms with Crippen LogP contribution in [0.5, 0.6) is 0 Å². The standard InChI is InChI=1S/C16H22N2S/c1-3-18(12-15-5-4-10-19-15)16-7-6-14(8-9-17)11-13(16)2/h4-7,10-11H,3,8-9,12,17H2,1-2H3. The van der Waals surface area contributed by atoms with Crippen molar-refractivity contribution in [2.45, 2.75) is 26.8 Å². The van der Waals surface area contributed by atoms with Gasteiger partial charge in [-0.3, -0.25) is 0 Å². The van der Waals surface area contributed by atoms with Gasteiger partial charge in [0.1, 0.15) is 0 Å². The van der Waals surface area contributed by atoms with Gasteiger partial charge in [0, 0.05) is 17.1 Å². The summed E-state index contributed by atoms with van der Waals surface area (Å²) < 4.78 is 0. The zero-order chi connectivity index (χ0) is 13.7. The van der Waals surface area contributed by atoms with E-state index in [0.717, 1.165) is 19.5 Å². The minimum absolute atomic E-state index is 0.714. The lowest BCUT2D eigenvalue weighted by atomic mass is 10.1. The third kappa shape index (κ3) is 3.58. The molecular weight excluding hydrogens is 252 g/mol. The van der Waals surface area contributed by atoms with Crippen LogP contribution in [-0.4, -0.2) is 13.1 Å². The van der Waals surface area contributed by atoms with Gasteiger partial charge in [0.15, 0.2) is 0 Å². The Morgan fingerprint density at radius 1 is 1.26 bits per heavy atom. The van der Waals surface area contributed by atoms with Crippen LogP contribution < -0.4 is 10.6 Å². The van der Waals surface area contributed by atoms with Crippen molar-refractivity contribution in [3.8, 4) is 0 Å². The average Bonchev–Trinajstić information content (AvgIpc) is 2.90. The van der Waals surface area contributed by atoms with E-state index in [1.807, 2.05) is 11.3 Å². The Bertz CT molecular complexity index is 505. The molecule has 1 aromatic heterocycles. The number of anilines is 1. The molecule has 2 aromatic rings. The molecule has 0 aliphatic heterocycles. The molecule has 19 heavy (non-hydrogen) atoms. The molecule has 0 unspecified atom stereocenters. The van der Waals surface area contributed by atoms with Crippen molar-refractivity contribution in [2.75, 3.05) is 18.0 Å². The zero-order valence-corrected chi connectivity index (χ0v) is 12.5. The molecule has 2 rings (SSSR count). The fourth-order valence-electron chi connectivity index (χ4n) is 2.35. The first kappa shape index (κ1) is 14.1. The maximum atomic E-state index is 5.62.